The summed E-state index contributed by atoms with van der Waals surface area (Å²) >= 11 is 0. The van der Waals surface area contributed by atoms with Crippen molar-refractivity contribution in [2.75, 3.05) is 32.1 Å². The molecule has 0 bridgehead atoms. The number of methoxy groups -OCH3 is 1. The third-order valence-corrected chi connectivity index (χ3v) is 4.47. The first-order valence-corrected chi connectivity index (χ1v) is 9.01. The van der Waals surface area contributed by atoms with Gasteiger partial charge in [0, 0.05) is 30.9 Å². The summed E-state index contributed by atoms with van der Waals surface area (Å²) in [5, 5.41) is 8.97. The number of carbonyl (C=O) groups is 2. The van der Waals surface area contributed by atoms with E-state index in [1.54, 1.807) is 19.2 Å². The van der Waals surface area contributed by atoms with Gasteiger partial charge in [-0.3, -0.25) is 9.59 Å². The summed E-state index contributed by atoms with van der Waals surface area (Å²) < 4.78 is 4.92. The molecule has 0 atom stereocenters. The molecular weight excluding hydrogens is 318 g/mol. The van der Waals surface area contributed by atoms with Crippen LogP contribution in [-0.4, -0.2) is 44.7 Å². The van der Waals surface area contributed by atoms with Gasteiger partial charge < -0.3 is 20.7 Å². The zero-order valence-electron chi connectivity index (χ0n) is 15.2. The topological polar surface area (TPSA) is 79.5 Å². The SMILES string of the molecule is COCCNCC(=O)Nc1ccc(C(=O)NC2CCCCC2)cc1C. The summed E-state index contributed by atoms with van der Waals surface area (Å²) in [6.45, 7) is 3.32. The van der Waals surface area contributed by atoms with Gasteiger partial charge in [0.25, 0.3) is 5.91 Å². The summed E-state index contributed by atoms with van der Waals surface area (Å²) in [6.07, 6.45) is 5.77. The molecule has 1 fully saturated rings. The second-order valence-electron chi connectivity index (χ2n) is 6.56. The van der Waals surface area contributed by atoms with E-state index in [-0.39, 0.29) is 18.4 Å². The largest absolute Gasteiger partial charge is 0.383 e. The predicted molar refractivity (Wildman–Crippen MR) is 98.9 cm³/mol. The molecule has 0 radical (unpaired) electrons. The van der Waals surface area contributed by atoms with Crippen LogP contribution in [0.5, 0.6) is 0 Å². The normalized spacial score (nSPS) is 15.0. The van der Waals surface area contributed by atoms with E-state index >= 15 is 0 Å². The van der Waals surface area contributed by atoms with Crippen LogP contribution in [0.15, 0.2) is 18.2 Å². The second kappa shape index (κ2) is 10.2. The molecule has 6 nitrogen and oxygen atoms in total. The zero-order valence-corrected chi connectivity index (χ0v) is 15.2. The van der Waals surface area contributed by atoms with Gasteiger partial charge in [0.2, 0.25) is 5.91 Å². The zero-order chi connectivity index (χ0) is 18.1. The third-order valence-electron chi connectivity index (χ3n) is 4.47. The number of nitrogens with one attached hydrogen (secondary N) is 3. The molecule has 0 aliphatic heterocycles. The summed E-state index contributed by atoms with van der Waals surface area (Å²) in [5.41, 5.74) is 2.24. The Bertz CT molecular complexity index is 583. The van der Waals surface area contributed by atoms with Gasteiger partial charge >= 0.3 is 0 Å². The maximum Gasteiger partial charge on any atom is 0.251 e. The molecule has 2 rings (SSSR count). The summed E-state index contributed by atoms with van der Waals surface area (Å²) in [4.78, 5) is 24.3. The van der Waals surface area contributed by atoms with Gasteiger partial charge in [-0.15, -0.1) is 0 Å². The van der Waals surface area contributed by atoms with Crippen molar-refractivity contribution in [2.24, 2.45) is 0 Å². The Labute approximate surface area is 149 Å². The lowest BCUT2D eigenvalue weighted by atomic mass is 9.95. The molecule has 0 heterocycles. The minimum atomic E-state index is -0.112. The number of amides is 2. The fourth-order valence-corrected chi connectivity index (χ4v) is 3.03. The van der Waals surface area contributed by atoms with E-state index in [2.05, 4.69) is 16.0 Å². The number of hydrogen-bond acceptors (Lipinski definition) is 4. The van der Waals surface area contributed by atoms with Crippen LogP contribution in [-0.2, 0) is 9.53 Å². The Morgan fingerprint density at radius 1 is 1.20 bits per heavy atom. The van der Waals surface area contributed by atoms with Crippen molar-refractivity contribution < 1.29 is 14.3 Å². The molecule has 138 valence electrons. The number of anilines is 1. The number of carbonyl (C=O) groups excluding carboxylic acids is 2. The molecule has 0 spiro atoms. The first-order chi connectivity index (χ1) is 12.1. The fourth-order valence-electron chi connectivity index (χ4n) is 3.03. The molecule has 1 saturated carbocycles. The molecule has 2 amide bonds. The van der Waals surface area contributed by atoms with E-state index in [0.29, 0.717) is 24.8 Å². The Hall–Kier alpha value is -1.92. The molecule has 3 N–H and O–H groups in total. The van der Waals surface area contributed by atoms with Crippen LogP contribution in [0.4, 0.5) is 5.69 Å². The highest BCUT2D eigenvalue weighted by atomic mass is 16.5. The summed E-state index contributed by atoms with van der Waals surface area (Å²) in [6, 6.07) is 5.67. The van der Waals surface area contributed by atoms with Gasteiger partial charge in [-0.2, -0.15) is 0 Å². The van der Waals surface area contributed by atoms with E-state index in [1.807, 2.05) is 13.0 Å². The van der Waals surface area contributed by atoms with Crippen LogP contribution in [0.3, 0.4) is 0 Å². The van der Waals surface area contributed by atoms with E-state index in [1.165, 1.54) is 19.3 Å². The minimum Gasteiger partial charge on any atom is -0.383 e. The second-order valence-corrected chi connectivity index (χ2v) is 6.56. The number of aryl methyl sites for hydroxylation is 1. The Kier molecular flexibility index (Phi) is 7.88. The van der Waals surface area contributed by atoms with Crippen LogP contribution >= 0.6 is 0 Å². The van der Waals surface area contributed by atoms with Crippen molar-refractivity contribution in [1.29, 1.82) is 0 Å². The third kappa shape index (κ3) is 6.48. The molecular formula is C19H29N3O3. The van der Waals surface area contributed by atoms with Gasteiger partial charge in [-0.25, -0.2) is 0 Å². The molecule has 1 aromatic carbocycles. The standard InChI is InChI=1S/C19H29N3O3/c1-14-12-15(19(24)21-16-6-4-3-5-7-16)8-9-17(14)22-18(23)13-20-10-11-25-2/h8-9,12,16,20H,3-7,10-11,13H2,1-2H3,(H,21,24)(H,22,23). The van der Waals surface area contributed by atoms with Gasteiger partial charge in [0.15, 0.2) is 0 Å². The first-order valence-electron chi connectivity index (χ1n) is 9.01. The number of benzene rings is 1. The van der Waals surface area contributed by atoms with E-state index in [9.17, 15) is 9.59 Å². The average molecular weight is 347 g/mol. The maximum absolute atomic E-state index is 12.4. The van der Waals surface area contributed by atoms with Gasteiger partial charge in [0.05, 0.1) is 13.2 Å². The number of hydrogen-bond donors (Lipinski definition) is 3. The molecule has 25 heavy (non-hydrogen) atoms. The van der Waals surface area contributed by atoms with Crippen molar-refractivity contribution in [2.45, 2.75) is 45.1 Å². The quantitative estimate of drug-likeness (QED) is 0.630. The highest BCUT2D eigenvalue weighted by molar-refractivity contribution is 5.97. The van der Waals surface area contributed by atoms with Crippen LogP contribution in [0, 0.1) is 6.92 Å². The first kappa shape index (κ1) is 19.4. The number of ether oxygens (including phenoxy) is 1. The van der Waals surface area contributed by atoms with Crippen molar-refractivity contribution in [1.82, 2.24) is 10.6 Å². The average Bonchev–Trinajstić information content (AvgIpc) is 2.61. The van der Waals surface area contributed by atoms with Crippen molar-refractivity contribution in [3.05, 3.63) is 29.3 Å². The highest BCUT2D eigenvalue weighted by Crippen LogP contribution is 2.19. The van der Waals surface area contributed by atoms with E-state index < -0.39 is 0 Å². The molecule has 1 aliphatic rings. The minimum absolute atomic E-state index is 0.0332. The number of rotatable bonds is 8. The van der Waals surface area contributed by atoms with Gasteiger partial charge in [-0.1, -0.05) is 19.3 Å². The summed E-state index contributed by atoms with van der Waals surface area (Å²) in [7, 11) is 1.62. The lowest BCUT2D eigenvalue weighted by molar-refractivity contribution is -0.115. The lowest BCUT2D eigenvalue weighted by Gasteiger charge is -2.23. The van der Waals surface area contributed by atoms with E-state index in [0.717, 1.165) is 24.1 Å². The Balaban J connectivity index is 1.86. The molecule has 1 aromatic rings. The van der Waals surface area contributed by atoms with Crippen LogP contribution in [0.25, 0.3) is 0 Å². The van der Waals surface area contributed by atoms with Crippen LogP contribution in [0.1, 0.15) is 48.0 Å². The monoisotopic (exact) mass is 347 g/mol. The molecule has 0 aromatic heterocycles. The maximum atomic E-state index is 12.4. The van der Waals surface area contributed by atoms with Crippen LogP contribution < -0.4 is 16.0 Å². The molecule has 0 saturated heterocycles. The highest BCUT2D eigenvalue weighted by Gasteiger charge is 2.17. The smallest absolute Gasteiger partial charge is 0.251 e. The van der Waals surface area contributed by atoms with E-state index in [4.69, 9.17) is 4.74 Å². The van der Waals surface area contributed by atoms with Gasteiger partial charge in [0.1, 0.15) is 0 Å². The summed E-state index contributed by atoms with van der Waals surface area (Å²) in [5.74, 6) is -0.146. The molecule has 0 unspecified atom stereocenters. The van der Waals surface area contributed by atoms with Crippen molar-refractivity contribution >= 4 is 17.5 Å². The predicted octanol–water partition coefficient (Wildman–Crippen LogP) is 2.23. The van der Waals surface area contributed by atoms with Crippen molar-refractivity contribution in [3.8, 4) is 0 Å². The van der Waals surface area contributed by atoms with Gasteiger partial charge in [-0.05, 0) is 43.5 Å². The molecule has 1 aliphatic carbocycles. The van der Waals surface area contributed by atoms with Crippen LogP contribution in [0.2, 0.25) is 0 Å². The Morgan fingerprint density at radius 3 is 2.64 bits per heavy atom. The lowest BCUT2D eigenvalue weighted by Crippen LogP contribution is -2.36. The molecule has 6 heteroatoms. The Morgan fingerprint density at radius 2 is 1.96 bits per heavy atom. The van der Waals surface area contributed by atoms with Crippen molar-refractivity contribution in [3.63, 3.8) is 0 Å². The fraction of sp³-hybridized carbons (Fsp3) is 0.579.